The Morgan fingerprint density at radius 1 is 1.28 bits per heavy atom. The second-order valence-electron chi connectivity index (χ2n) is 7.06. The third-order valence-corrected chi connectivity index (χ3v) is 5.27. The first kappa shape index (κ1) is 19.0. The fourth-order valence-electron chi connectivity index (χ4n) is 3.80. The summed E-state index contributed by atoms with van der Waals surface area (Å²) in [5.41, 5.74) is 4.73. The van der Waals surface area contributed by atoms with Gasteiger partial charge in [-0.3, -0.25) is 9.78 Å². The molecule has 2 amide bonds. The predicted molar refractivity (Wildman–Crippen MR) is 110 cm³/mol. The number of H-pyrrole nitrogens is 1. The molecule has 1 aliphatic rings. The summed E-state index contributed by atoms with van der Waals surface area (Å²) in [7, 11) is 0. The van der Waals surface area contributed by atoms with Crippen LogP contribution < -0.4 is 5.32 Å². The minimum atomic E-state index is -0.327. The van der Waals surface area contributed by atoms with Gasteiger partial charge >= 0.3 is 6.09 Å². The lowest BCUT2D eigenvalue weighted by molar-refractivity contribution is 0.0950. The number of carbonyl (C=O) groups is 2. The molecule has 0 atom stereocenters. The van der Waals surface area contributed by atoms with E-state index in [-0.39, 0.29) is 12.0 Å². The quantitative estimate of drug-likeness (QED) is 0.699. The van der Waals surface area contributed by atoms with Crippen molar-refractivity contribution >= 4 is 22.9 Å². The average Bonchev–Trinajstić information content (AvgIpc) is 3.16. The number of pyridine rings is 1. The molecule has 150 valence electrons. The van der Waals surface area contributed by atoms with Crippen molar-refractivity contribution in [3.05, 3.63) is 65.1 Å². The molecule has 7 nitrogen and oxygen atoms in total. The summed E-state index contributed by atoms with van der Waals surface area (Å²) in [6.07, 6.45) is 6.36. The highest BCUT2D eigenvalue weighted by Crippen LogP contribution is 2.22. The number of carbonyl (C=O) groups excluding carboxylic acids is 2. The molecule has 3 heterocycles. The molecular formula is C22H24N4O3. The fourth-order valence-corrected chi connectivity index (χ4v) is 3.80. The van der Waals surface area contributed by atoms with Gasteiger partial charge in [0.25, 0.3) is 5.91 Å². The Bertz CT molecular complexity index is 1040. The smallest absolute Gasteiger partial charge is 0.410 e. The van der Waals surface area contributed by atoms with Crippen molar-refractivity contribution < 1.29 is 14.3 Å². The standard InChI is InChI=1S/C22H24N4O3/c1-2-29-22(28)26-10-8-17-16(14-26)11-23-13-19(17)21(27)24-9-7-15-12-25-20-6-4-3-5-18(15)20/h3-6,11-13,25H,2,7-10,14H2,1H3,(H,24,27). The van der Waals surface area contributed by atoms with E-state index in [1.165, 1.54) is 10.9 Å². The van der Waals surface area contributed by atoms with Crippen molar-refractivity contribution in [2.75, 3.05) is 19.7 Å². The van der Waals surface area contributed by atoms with Gasteiger partial charge in [-0.25, -0.2) is 4.79 Å². The number of fused-ring (bicyclic) bond motifs is 2. The monoisotopic (exact) mass is 392 g/mol. The second-order valence-corrected chi connectivity index (χ2v) is 7.06. The minimum Gasteiger partial charge on any atom is -0.450 e. The summed E-state index contributed by atoms with van der Waals surface area (Å²) < 4.78 is 5.08. The zero-order chi connectivity index (χ0) is 20.2. The van der Waals surface area contributed by atoms with Crippen LogP contribution in [0.2, 0.25) is 0 Å². The molecule has 0 fully saturated rings. The lowest BCUT2D eigenvalue weighted by Gasteiger charge is -2.28. The van der Waals surface area contributed by atoms with Gasteiger partial charge in [-0.1, -0.05) is 18.2 Å². The van der Waals surface area contributed by atoms with E-state index in [0.29, 0.717) is 38.2 Å². The molecule has 4 rings (SSSR count). The molecule has 0 saturated heterocycles. The Balaban J connectivity index is 1.41. The van der Waals surface area contributed by atoms with Crippen molar-refractivity contribution in [2.45, 2.75) is 26.3 Å². The van der Waals surface area contributed by atoms with E-state index in [2.05, 4.69) is 21.4 Å². The number of nitrogens with one attached hydrogen (secondary N) is 2. The van der Waals surface area contributed by atoms with Gasteiger partial charge in [0, 0.05) is 42.6 Å². The van der Waals surface area contributed by atoms with Crippen LogP contribution in [-0.4, -0.2) is 46.6 Å². The van der Waals surface area contributed by atoms with Crippen LogP contribution in [0.3, 0.4) is 0 Å². The number of aromatic amines is 1. The lowest BCUT2D eigenvalue weighted by Crippen LogP contribution is -2.37. The van der Waals surface area contributed by atoms with E-state index in [9.17, 15) is 9.59 Å². The van der Waals surface area contributed by atoms with Crippen molar-refractivity contribution in [3.8, 4) is 0 Å². The third-order valence-electron chi connectivity index (χ3n) is 5.27. The van der Waals surface area contributed by atoms with Crippen LogP contribution in [0.15, 0.2) is 42.9 Å². The van der Waals surface area contributed by atoms with Crippen molar-refractivity contribution in [1.82, 2.24) is 20.2 Å². The highest BCUT2D eigenvalue weighted by molar-refractivity contribution is 5.96. The van der Waals surface area contributed by atoms with E-state index < -0.39 is 0 Å². The first-order chi connectivity index (χ1) is 14.2. The molecule has 0 saturated carbocycles. The number of ether oxygens (including phenoxy) is 1. The molecule has 0 aliphatic carbocycles. The molecule has 2 N–H and O–H groups in total. The number of benzene rings is 1. The summed E-state index contributed by atoms with van der Waals surface area (Å²) in [5, 5.41) is 4.19. The molecule has 29 heavy (non-hydrogen) atoms. The van der Waals surface area contributed by atoms with Crippen LogP contribution in [0.1, 0.15) is 34.0 Å². The van der Waals surface area contributed by atoms with Gasteiger partial charge < -0.3 is 19.9 Å². The fraction of sp³-hybridized carbons (Fsp3) is 0.318. The molecule has 7 heteroatoms. The Labute approximate surface area is 169 Å². The second kappa shape index (κ2) is 8.34. The Kier molecular flexibility index (Phi) is 5.46. The maximum Gasteiger partial charge on any atom is 0.410 e. The van der Waals surface area contributed by atoms with E-state index in [1.54, 1.807) is 24.2 Å². The first-order valence-electron chi connectivity index (χ1n) is 9.88. The van der Waals surface area contributed by atoms with Crippen LogP contribution >= 0.6 is 0 Å². The van der Waals surface area contributed by atoms with Crippen LogP contribution in [0, 0.1) is 0 Å². The zero-order valence-electron chi connectivity index (χ0n) is 16.4. The predicted octanol–water partition coefficient (Wildman–Crippen LogP) is 3.05. The number of nitrogens with zero attached hydrogens (tertiary/aromatic N) is 2. The number of amides is 2. The summed E-state index contributed by atoms with van der Waals surface area (Å²) in [6.45, 7) is 3.62. The highest BCUT2D eigenvalue weighted by Gasteiger charge is 2.25. The highest BCUT2D eigenvalue weighted by atomic mass is 16.6. The van der Waals surface area contributed by atoms with Gasteiger partial charge in [-0.15, -0.1) is 0 Å². The SMILES string of the molecule is CCOC(=O)N1CCc2c(cncc2C(=O)NCCc2c[nH]c3ccccc23)C1. The van der Waals surface area contributed by atoms with Gasteiger partial charge in [0.15, 0.2) is 0 Å². The Morgan fingerprint density at radius 2 is 2.14 bits per heavy atom. The topological polar surface area (TPSA) is 87.3 Å². The van der Waals surface area contributed by atoms with E-state index >= 15 is 0 Å². The molecule has 0 radical (unpaired) electrons. The molecule has 0 bridgehead atoms. The molecule has 2 aromatic heterocycles. The average molecular weight is 392 g/mol. The number of aromatic nitrogens is 2. The lowest BCUT2D eigenvalue weighted by atomic mass is 9.97. The summed E-state index contributed by atoms with van der Waals surface area (Å²) in [6, 6.07) is 8.13. The van der Waals surface area contributed by atoms with Crippen molar-refractivity contribution in [1.29, 1.82) is 0 Å². The zero-order valence-corrected chi connectivity index (χ0v) is 16.4. The maximum atomic E-state index is 12.8. The van der Waals surface area contributed by atoms with Crippen LogP contribution in [0.25, 0.3) is 10.9 Å². The van der Waals surface area contributed by atoms with E-state index in [0.717, 1.165) is 23.1 Å². The van der Waals surface area contributed by atoms with Gasteiger partial charge in [-0.2, -0.15) is 0 Å². The molecule has 0 spiro atoms. The Hall–Kier alpha value is -3.35. The van der Waals surface area contributed by atoms with Crippen molar-refractivity contribution in [2.24, 2.45) is 0 Å². The summed E-state index contributed by atoms with van der Waals surface area (Å²) in [5.74, 6) is -0.126. The number of para-hydroxylation sites is 1. The largest absolute Gasteiger partial charge is 0.450 e. The summed E-state index contributed by atoms with van der Waals surface area (Å²) >= 11 is 0. The summed E-state index contributed by atoms with van der Waals surface area (Å²) in [4.78, 5) is 33.9. The maximum absolute atomic E-state index is 12.8. The minimum absolute atomic E-state index is 0.126. The molecule has 3 aromatic rings. The van der Waals surface area contributed by atoms with Crippen LogP contribution in [0.4, 0.5) is 4.79 Å². The van der Waals surface area contributed by atoms with Gasteiger partial charge in [0.05, 0.1) is 18.7 Å². The van der Waals surface area contributed by atoms with Crippen LogP contribution in [-0.2, 0) is 24.1 Å². The Morgan fingerprint density at radius 3 is 3.00 bits per heavy atom. The number of rotatable bonds is 5. The van der Waals surface area contributed by atoms with E-state index in [4.69, 9.17) is 4.74 Å². The van der Waals surface area contributed by atoms with Gasteiger partial charge in [0.2, 0.25) is 0 Å². The molecule has 1 aliphatic heterocycles. The van der Waals surface area contributed by atoms with Crippen LogP contribution in [0.5, 0.6) is 0 Å². The molecule has 0 unspecified atom stereocenters. The number of hydrogen-bond donors (Lipinski definition) is 2. The number of hydrogen-bond acceptors (Lipinski definition) is 4. The molecule has 1 aromatic carbocycles. The normalized spacial score (nSPS) is 13.2. The first-order valence-corrected chi connectivity index (χ1v) is 9.88. The van der Waals surface area contributed by atoms with Gasteiger partial charge in [0.1, 0.15) is 0 Å². The van der Waals surface area contributed by atoms with Crippen molar-refractivity contribution in [3.63, 3.8) is 0 Å². The molecular weight excluding hydrogens is 368 g/mol. The van der Waals surface area contributed by atoms with Gasteiger partial charge in [-0.05, 0) is 42.5 Å². The third kappa shape index (κ3) is 3.94. The van der Waals surface area contributed by atoms with E-state index in [1.807, 2.05) is 24.4 Å².